The Morgan fingerprint density at radius 3 is 2.62 bits per heavy atom. The van der Waals surface area contributed by atoms with Crippen molar-refractivity contribution in [2.75, 3.05) is 11.9 Å². The molecule has 1 aromatic heterocycles. The number of nitrogens with zero attached hydrogens (tertiary/aromatic N) is 2. The van der Waals surface area contributed by atoms with E-state index in [1.807, 2.05) is 38.1 Å². The van der Waals surface area contributed by atoms with Crippen LogP contribution in [0, 0.1) is 0 Å². The zero-order chi connectivity index (χ0) is 15.2. The van der Waals surface area contributed by atoms with Gasteiger partial charge in [-0.15, -0.1) is 10.2 Å². The van der Waals surface area contributed by atoms with Gasteiger partial charge in [0.1, 0.15) is 0 Å². The number of hydrogen-bond donors (Lipinski definition) is 1. The van der Waals surface area contributed by atoms with E-state index in [-0.39, 0.29) is 11.0 Å². The van der Waals surface area contributed by atoms with Crippen LogP contribution in [-0.4, -0.2) is 27.8 Å². The Labute approximate surface area is 133 Å². The second-order valence-corrected chi connectivity index (χ2v) is 7.14. The SMILES string of the molecule is CCNc1nnc(SC(C)C(=O)c2ccc(CC)cc2)s1. The summed E-state index contributed by atoms with van der Waals surface area (Å²) in [6.07, 6.45) is 0.983. The van der Waals surface area contributed by atoms with Crippen molar-refractivity contribution in [3.05, 3.63) is 35.4 Å². The van der Waals surface area contributed by atoms with Crippen LogP contribution in [0.4, 0.5) is 5.13 Å². The largest absolute Gasteiger partial charge is 0.360 e. The fourth-order valence-electron chi connectivity index (χ4n) is 1.82. The molecular weight excluding hydrogens is 302 g/mol. The van der Waals surface area contributed by atoms with E-state index in [0.29, 0.717) is 0 Å². The number of aryl methyl sites for hydroxylation is 1. The van der Waals surface area contributed by atoms with Gasteiger partial charge in [0.2, 0.25) is 5.13 Å². The number of thioether (sulfide) groups is 1. The minimum Gasteiger partial charge on any atom is -0.360 e. The van der Waals surface area contributed by atoms with Gasteiger partial charge in [-0.25, -0.2) is 0 Å². The number of ketones is 1. The number of hydrogen-bond acceptors (Lipinski definition) is 6. The number of Topliss-reactive ketones (excluding diaryl/α,β-unsaturated/α-hetero) is 1. The van der Waals surface area contributed by atoms with E-state index in [4.69, 9.17) is 0 Å². The van der Waals surface area contributed by atoms with Crippen LogP contribution in [0.15, 0.2) is 28.6 Å². The Kier molecular flexibility index (Phi) is 5.76. The van der Waals surface area contributed by atoms with Crippen LogP contribution >= 0.6 is 23.1 Å². The lowest BCUT2D eigenvalue weighted by Gasteiger charge is -2.08. The van der Waals surface area contributed by atoms with Crippen LogP contribution in [0.5, 0.6) is 0 Å². The molecule has 0 amide bonds. The first-order valence-corrected chi connectivity index (χ1v) is 8.70. The predicted octanol–water partition coefficient (Wildman–Crippen LogP) is 3.90. The van der Waals surface area contributed by atoms with Gasteiger partial charge in [0.25, 0.3) is 0 Å². The fraction of sp³-hybridized carbons (Fsp3) is 0.400. The van der Waals surface area contributed by atoms with Crippen molar-refractivity contribution in [1.29, 1.82) is 0 Å². The lowest BCUT2D eigenvalue weighted by Crippen LogP contribution is -2.13. The van der Waals surface area contributed by atoms with Gasteiger partial charge in [-0.3, -0.25) is 4.79 Å². The third-order valence-electron chi connectivity index (χ3n) is 3.03. The van der Waals surface area contributed by atoms with Gasteiger partial charge in [-0.2, -0.15) is 0 Å². The van der Waals surface area contributed by atoms with Gasteiger partial charge in [-0.1, -0.05) is 54.3 Å². The normalized spacial score (nSPS) is 12.1. The molecule has 0 fully saturated rings. The molecule has 0 aliphatic heterocycles. The van der Waals surface area contributed by atoms with E-state index in [9.17, 15) is 4.79 Å². The van der Waals surface area contributed by atoms with Crippen molar-refractivity contribution in [3.8, 4) is 0 Å². The Morgan fingerprint density at radius 2 is 2.00 bits per heavy atom. The zero-order valence-electron chi connectivity index (χ0n) is 12.4. The number of nitrogens with one attached hydrogen (secondary N) is 1. The highest BCUT2D eigenvalue weighted by molar-refractivity contribution is 8.02. The summed E-state index contributed by atoms with van der Waals surface area (Å²) in [5.41, 5.74) is 2.00. The summed E-state index contributed by atoms with van der Waals surface area (Å²) in [6.45, 7) is 6.85. The third kappa shape index (κ3) is 4.28. The van der Waals surface area contributed by atoms with Crippen molar-refractivity contribution in [2.45, 2.75) is 36.8 Å². The fourth-order valence-corrected chi connectivity index (χ4v) is 3.87. The highest BCUT2D eigenvalue weighted by Gasteiger charge is 2.18. The molecule has 0 aliphatic carbocycles. The minimum absolute atomic E-state index is 0.128. The average molecular weight is 321 g/mol. The number of carbonyl (C=O) groups excluding carboxylic acids is 1. The van der Waals surface area contributed by atoms with E-state index in [1.165, 1.54) is 28.7 Å². The number of rotatable bonds is 7. The standard InChI is InChI=1S/C15H19N3OS2/c1-4-11-6-8-12(9-7-11)13(19)10(3)20-15-18-17-14(21-15)16-5-2/h6-10H,4-5H2,1-3H3,(H,16,17). The maximum Gasteiger partial charge on any atom is 0.206 e. The lowest BCUT2D eigenvalue weighted by molar-refractivity contribution is 0.0994. The molecule has 6 heteroatoms. The molecule has 2 rings (SSSR count). The smallest absolute Gasteiger partial charge is 0.206 e. The number of benzene rings is 1. The molecule has 1 unspecified atom stereocenters. The predicted molar refractivity (Wildman–Crippen MR) is 89.5 cm³/mol. The average Bonchev–Trinajstić information content (AvgIpc) is 2.94. The topological polar surface area (TPSA) is 54.9 Å². The number of aromatic nitrogens is 2. The van der Waals surface area contributed by atoms with Gasteiger partial charge >= 0.3 is 0 Å². The molecule has 2 aromatic rings. The molecule has 21 heavy (non-hydrogen) atoms. The van der Waals surface area contributed by atoms with Gasteiger partial charge < -0.3 is 5.32 Å². The summed E-state index contributed by atoms with van der Waals surface area (Å²) in [6, 6.07) is 7.84. The Morgan fingerprint density at radius 1 is 1.29 bits per heavy atom. The first-order valence-electron chi connectivity index (χ1n) is 7.01. The monoisotopic (exact) mass is 321 g/mol. The lowest BCUT2D eigenvalue weighted by atomic mass is 10.1. The molecule has 1 aromatic carbocycles. The second kappa shape index (κ2) is 7.56. The Balaban J connectivity index is 2.00. The van der Waals surface area contributed by atoms with Crippen molar-refractivity contribution < 1.29 is 4.79 Å². The maximum absolute atomic E-state index is 12.4. The first kappa shape index (κ1) is 16.0. The molecule has 112 valence electrons. The molecule has 4 nitrogen and oxygen atoms in total. The summed E-state index contributed by atoms with van der Waals surface area (Å²) >= 11 is 2.94. The molecule has 0 aliphatic rings. The summed E-state index contributed by atoms with van der Waals surface area (Å²) in [5, 5.41) is 11.9. The maximum atomic E-state index is 12.4. The van der Waals surface area contributed by atoms with Gasteiger partial charge in [0, 0.05) is 12.1 Å². The molecular formula is C15H19N3OS2. The second-order valence-electron chi connectivity index (χ2n) is 4.58. The van der Waals surface area contributed by atoms with Gasteiger partial charge in [0.05, 0.1) is 5.25 Å². The molecule has 0 saturated carbocycles. The van der Waals surface area contributed by atoms with Crippen molar-refractivity contribution in [2.24, 2.45) is 0 Å². The van der Waals surface area contributed by atoms with E-state index < -0.39 is 0 Å². The molecule has 1 N–H and O–H groups in total. The van der Waals surface area contributed by atoms with Crippen molar-refractivity contribution in [3.63, 3.8) is 0 Å². The van der Waals surface area contributed by atoms with Crippen LogP contribution in [0.25, 0.3) is 0 Å². The van der Waals surface area contributed by atoms with E-state index in [1.54, 1.807) is 0 Å². The van der Waals surface area contributed by atoms with Crippen molar-refractivity contribution in [1.82, 2.24) is 10.2 Å². The summed E-state index contributed by atoms with van der Waals surface area (Å²) in [7, 11) is 0. The van der Waals surface area contributed by atoms with Crippen LogP contribution in [-0.2, 0) is 6.42 Å². The molecule has 1 atom stereocenters. The third-order valence-corrected chi connectivity index (χ3v) is 5.09. The Bertz CT molecular complexity index is 595. The number of carbonyl (C=O) groups is 1. The molecule has 0 radical (unpaired) electrons. The minimum atomic E-state index is -0.167. The highest BCUT2D eigenvalue weighted by Crippen LogP contribution is 2.30. The molecule has 0 saturated heterocycles. The summed E-state index contributed by atoms with van der Waals surface area (Å²) in [4.78, 5) is 12.4. The molecule has 1 heterocycles. The van der Waals surface area contributed by atoms with Gasteiger partial charge in [0.15, 0.2) is 10.1 Å². The van der Waals surface area contributed by atoms with Gasteiger partial charge in [-0.05, 0) is 25.8 Å². The van der Waals surface area contributed by atoms with Crippen LogP contribution in [0.3, 0.4) is 0 Å². The summed E-state index contributed by atoms with van der Waals surface area (Å²) < 4.78 is 0.817. The van der Waals surface area contributed by atoms with E-state index in [0.717, 1.165) is 28.0 Å². The van der Waals surface area contributed by atoms with Crippen LogP contribution in [0.2, 0.25) is 0 Å². The van der Waals surface area contributed by atoms with Crippen LogP contribution in [0.1, 0.15) is 36.7 Å². The quantitative estimate of drug-likeness (QED) is 0.619. The highest BCUT2D eigenvalue weighted by atomic mass is 32.2. The van der Waals surface area contributed by atoms with Crippen molar-refractivity contribution >= 4 is 34.0 Å². The summed E-state index contributed by atoms with van der Waals surface area (Å²) in [5.74, 6) is 0.128. The van der Waals surface area contributed by atoms with E-state index in [2.05, 4.69) is 22.4 Å². The van der Waals surface area contributed by atoms with E-state index >= 15 is 0 Å². The number of anilines is 1. The molecule has 0 spiro atoms. The Hall–Kier alpha value is -1.40. The van der Waals surface area contributed by atoms with Crippen LogP contribution < -0.4 is 5.32 Å². The zero-order valence-corrected chi connectivity index (χ0v) is 14.1. The molecule has 0 bridgehead atoms. The first-order chi connectivity index (χ1) is 10.1.